The van der Waals surface area contributed by atoms with E-state index in [2.05, 4.69) is 19.9 Å². The third-order valence-corrected chi connectivity index (χ3v) is 8.39. The first-order valence-electron chi connectivity index (χ1n) is 10.2. The Labute approximate surface area is 170 Å². The number of hydrogen-bond acceptors (Lipinski definition) is 7. The van der Waals surface area contributed by atoms with Crippen molar-refractivity contribution < 1.29 is 18.6 Å². The molecular weight excluding hydrogens is 394 g/mol. The van der Waals surface area contributed by atoms with Gasteiger partial charge in [0.1, 0.15) is 17.8 Å². The van der Waals surface area contributed by atoms with Crippen LogP contribution in [0.3, 0.4) is 0 Å². The highest BCUT2D eigenvalue weighted by atomic mass is 32.2. The van der Waals surface area contributed by atoms with E-state index in [4.69, 9.17) is 0 Å². The van der Waals surface area contributed by atoms with Gasteiger partial charge < -0.3 is 20.1 Å². The number of anilines is 1. The van der Waals surface area contributed by atoms with Crippen molar-refractivity contribution in [3.8, 4) is 0 Å². The minimum atomic E-state index is -3.43. The average Bonchev–Trinajstić information content (AvgIpc) is 3.18. The number of fused-ring (bicyclic) bond motifs is 1. The van der Waals surface area contributed by atoms with E-state index in [1.54, 1.807) is 6.33 Å². The molecule has 1 aliphatic carbocycles. The number of β-amino-alcohol motifs (C(OH)–C–C–N with tert-alkyl or cyclic N) is 1. The molecule has 0 spiro atoms. The van der Waals surface area contributed by atoms with Crippen LogP contribution in [-0.4, -0.2) is 82.0 Å². The molecule has 3 heterocycles. The minimum Gasteiger partial charge on any atom is -0.390 e. The highest BCUT2D eigenvalue weighted by Crippen LogP contribution is 2.32. The summed E-state index contributed by atoms with van der Waals surface area (Å²) in [5, 5.41) is 20.4. The Morgan fingerprint density at radius 3 is 2.66 bits per heavy atom. The smallest absolute Gasteiger partial charge is 0.214 e. The van der Waals surface area contributed by atoms with Crippen molar-refractivity contribution in [2.75, 3.05) is 30.8 Å². The zero-order chi connectivity index (χ0) is 20.6. The van der Waals surface area contributed by atoms with Gasteiger partial charge in [0.15, 0.2) is 0 Å². The van der Waals surface area contributed by atoms with Crippen molar-refractivity contribution in [3.63, 3.8) is 0 Å². The maximum absolute atomic E-state index is 12.8. The summed E-state index contributed by atoms with van der Waals surface area (Å²) in [5.74, 6) is 1.13. The van der Waals surface area contributed by atoms with Crippen LogP contribution < -0.4 is 4.90 Å². The molecule has 4 rings (SSSR count). The number of H-pyrrole nitrogens is 1. The van der Waals surface area contributed by atoms with Crippen molar-refractivity contribution in [1.82, 2.24) is 19.3 Å². The van der Waals surface area contributed by atoms with Gasteiger partial charge in [-0.05, 0) is 44.1 Å². The molecule has 160 valence electrons. The first-order chi connectivity index (χ1) is 13.8. The number of aliphatic hydroxyl groups excluding tert-OH is 2. The summed E-state index contributed by atoms with van der Waals surface area (Å²) in [6.45, 7) is 0.265. The number of aliphatic hydroxyl groups is 2. The van der Waals surface area contributed by atoms with Crippen molar-refractivity contribution in [2.45, 2.75) is 50.4 Å². The van der Waals surface area contributed by atoms with Crippen LogP contribution in [0.15, 0.2) is 18.6 Å². The normalized spacial score (nSPS) is 29.2. The summed E-state index contributed by atoms with van der Waals surface area (Å²) in [6, 6.07) is 2.29. The van der Waals surface area contributed by atoms with Gasteiger partial charge in [-0.2, -0.15) is 4.31 Å². The summed E-state index contributed by atoms with van der Waals surface area (Å²) in [4.78, 5) is 14.0. The maximum Gasteiger partial charge on any atom is 0.214 e. The first kappa shape index (κ1) is 20.5. The van der Waals surface area contributed by atoms with Gasteiger partial charge in [-0.3, -0.25) is 0 Å². The number of piperidine rings is 1. The molecule has 1 aliphatic heterocycles. The second-order valence-corrected chi connectivity index (χ2v) is 10.3. The van der Waals surface area contributed by atoms with Gasteiger partial charge in [0.05, 0.1) is 23.3 Å². The largest absolute Gasteiger partial charge is 0.390 e. The molecule has 0 radical (unpaired) electrons. The van der Waals surface area contributed by atoms with Gasteiger partial charge in [-0.15, -0.1) is 0 Å². The van der Waals surface area contributed by atoms with Crippen LogP contribution in [0, 0.1) is 5.92 Å². The van der Waals surface area contributed by atoms with Crippen molar-refractivity contribution >= 4 is 26.9 Å². The molecule has 0 aromatic carbocycles. The Bertz CT molecular complexity index is 941. The van der Waals surface area contributed by atoms with Crippen LogP contribution in [-0.2, 0) is 10.0 Å². The lowest BCUT2D eigenvalue weighted by molar-refractivity contribution is -0.0192. The lowest BCUT2D eigenvalue weighted by Crippen LogP contribution is -2.50. The van der Waals surface area contributed by atoms with Gasteiger partial charge in [0.2, 0.25) is 10.0 Å². The molecule has 2 fully saturated rings. The van der Waals surface area contributed by atoms with E-state index in [1.165, 1.54) is 4.31 Å². The maximum atomic E-state index is 12.8. The van der Waals surface area contributed by atoms with E-state index in [9.17, 15) is 18.6 Å². The van der Waals surface area contributed by atoms with Gasteiger partial charge in [-0.25, -0.2) is 18.4 Å². The van der Waals surface area contributed by atoms with Crippen LogP contribution in [0.2, 0.25) is 0 Å². The van der Waals surface area contributed by atoms with Gasteiger partial charge in [0.25, 0.3) is 0 Å². The predicted molar refractivity (Wildman–Crippen MR) is 110 cm³/mol. The molecule has 2 atom stereocenters. The standard InChI is InChI=1S/C19H29N5O4S/c1-23(19-15-6-8-20-18(15)21-12-22-19)14-4-2-13(3-5-14)11-29(27,28)24-9-7-16(25)17(26)10-24/h6,8,12-14,16-17,25-26H,2-5,7,9-11H2,1H3,(H,20,21,22)/t13?,14?,16-,17+/m1/s1. The third kappa shape index (κ3) is 4.25. The highest BCUT2D eigenvalue weighted by Gasteiger charge is 2.35. The van der Waals surface area contributed by atoms with Crippen molar-refractivity contribution in [3.05, 3.63) is 18.6 Å². The van der Waals surface area contributed by atoms with E-state index >= 15 is 0 Å². The van der Waals surface area contributed by atoms with Gasteiger partial charge in [-0.1, -0.05) is 0 Å². The topological polar surface area (TPSA) is 123 Å². The molecule has 0 unspecified atom stereocenters. The zero-order valence-corrected chi connectivity index (χ0v) is 17.4. The Kier molecular flexibility index (Phi) is 5.78. The molecule has 2 aliphatic rings. The Hall–Kier alpha value is -1.75. The summed E-state index contributed by atoms with van der Waals surface area (Å²) in [6.07, 6.45) is 5.37. The third-order valence-electron chi connectivity index (χ3n) is 6.38. The SMILES string of the molecule is CN(c1ncnc2[nH]ccc12)C1CCC(CS(=O)(=O)N2CC[C@@H](O)[C@@H](O)C2)CC1. The lowest BCUT2D eigenvalue weighted by Gasteiger charge is -2.37. The summed E-state index contributed by atoms with van der Waals surface area (Å²) >= 11 is 0. The molecule has 9 nitrogen and oxygen atoms in total. The van der Waals surface area contributed by atoms with E-state index < -0.39 is 22.2 Å². The molecule has 3 N–H and O–H groups in total. The van der Waals surface area contributed by atoms with Gasteiger partial charge >= 0.3 is 0 Å². The predicted octanol–water partition coefficient (Wildman–Crippen LogP) is 0.710. The molecule has 0 bridgehead atoms. The Morgan fingerprint density at radius 1 is 1.17 bits per heavy atom. The second kappa shape index (κ2) is 8.17. The molecular formula is C19H29N5O4S. The number of sulfonamides is 1. The molecule has 29 heavy (non-hydrogen) atoms. The number of nitrogens with zero attached hydrogens (tertiary/aromatic N) is 4. The minimum absolute atomic E-state index is 0.0119. The van der Waals surface area contributed by atoms with Gasteiger partial charge in [0, 0.05) is 32.4 Å². The van der Waals surface area contributed by atoms with Crippen LogP contribution in [0.1, 0.15) is 32.1 Å². The van der Waals surface area contributed by atoms with Crippen molar-refractivity contribution in [1.29, 1.82) is 0 Å². The number of nitrogens with one attached hydrogen (secondary N) is 1. The average molecular weight is 424 g/mol. The summed E-state index contributed by atoms with van der Waals surface area (Å²) in [7, 11) is -1.39. The Balaban J connectivity index is 1.35. The van der Waals surface area contributed by atoms with Crippen LogP contribution in [0.5, 0.6) is 0 Å². The zero-order valence-electron chi connectivity index (χ0n) is 16.6. The fraction of sp³-hybridized carbons (Fsp3) is 0.684. The number of aromatic amines is 1. The molecule has 10 heteroatoms. The van der Waals surface area contributed by atoms with E-state index in [-0.39, 0.29) is 31.2 Å². The molecule has 1 saturated heterocycles. The fourth-order valence-corrected chi connectivity index (χ4v) is 6.46. The van der Waals surface area contributed by atoms with Crippen LogP contribution in [0.4, 0.5) is 5.82 Å². The molecule has 0 amide bonds. The quantitative estimate of drug-likeness (QED) is 0.647. The molecule has 2 aromatic rings. The second-order valence-electron chi connectivity index (χ2n) is 8.28. The molecule has 2 aromatic heterocycles. The Morgan fingerprint density at radius 2 is 1.93 bits per heavy atom. The first-order valence-corrected chi connectivity index (χ1v) is 11.8. The summed E-state index contributed by atoms with van der Waals surface area (Å²) in [5.41, 5.74) is 0.815. The summed E-state index contributed by atoms with van der Waals surface area (Å²) < 4.78 is 26.9. The fourth-order valence-electron chi connectivity index (χ4n) is 4.56. The van der Waals surface area contributed by atoms with E-state index in [1.807, 2.05) is 19.3 Å². The van der Waals surface area contributed by atoms with Crippen LogP contribution in [0.25, 0.3) is 11.0 Å². The van der Waals surface area contributed by atoms with E-state index in [0.717, 1.165) is 42.5 Å². The van der Waals surface area contributed by atoms with E-state index in [0.29, 0.717) is 6.04 Å². The van der Waals surface area contributed by atoms with Crippen LogP contribution >= 0.6 is 0 Å². The number of rotatable bonds is 5. The number of hydrogen-bond donors (Lipinski definition) is 3. The highest BCUT2D eigenvalue weighted by molar-refractivity contribution is 7.89. The lowest BCUT2D eigenvalue weighted by atomic mass is 9.86. The molecule has 1 saturated carbocycles. The monoisotopic (exact) mass is 423 g/mol. The number of aromatic nitrogens is 3. The van der Waals surface area contributed by atoms with Crippen molar-refractivity contribution in [2.24, 2.45) is 5.92 Å².